The average Bonchev–Trinajstić information content (AvgIpc) is 3.33. The second kappa shape index (κ2) is 6.64. The molecule has 3 fully saturated rings. The Bertz CT molecular complexity index is 1270. The van der Waals surface area contributed by atoms with Crippen molar-refractivity contribution in [1.82, 2.24) is 0 Å². The summed E-state index contributed by atoms with van der Waals surface area (Å²) in [6.07, 6.45) is -10.3. The van der Waals surface area contributed by atoms with Crippen LogP contribution in [0.25, 0.3) is 0 Å². The lowest BCUT2D eigenvalue weighted by Crippen LogP contribution is -3.00. The second-order valence-corrected chi connectivity index (χ2v) is 8.50. The summed E-state index contributed by atoms with van der Waals surface area (Å²) in [6, 6.07) is -5.00. The maximum absolute atomic E-state index is 13.8. The predicted molar refractivity (Wildman–Crippen MR) is 99.1 cm³/mol. The Morgan fingerprint density at radius 3 is 2.26 bits per heavy atom. The number of carbonyl (C=O) groups is 1. The first-order chi connectivity index (χ1) is 16.8. The quantitative estimate of drug-likeness (QED) is 0.357. The van der Waals surface area contributed by atoms with Crippen molar-refractivity contribution in [3.63, 3.8) is 0 Å². The number of thiophene rings is 2. The Kier molecular flexibility index (Phi) is 2.54. The minimum Gasteiger partial charge on any atom is -1.00 e. The van der Waals surface area contributed by atoms with Gasteiger partial charge in [0.15, 0.2) is 0 Å². The molecular weight excluding hydrogens is 450 g/mol. The number of hydrogen-bond donors (Lipinski definition) is 1. The molecule has 4 unspecified atom stereocenters. The van der Waals surface area contributed by atoms with E-state index in [2.05, 4.69) is 0 Å². The molecule has 0 aromatic carbocycles. The number of aliphatic hydroxyl groups is 1. The number of rotatable bonds is 4. The van der Waals surface area contributed by atoms with E-state index < -0.39 is 99.3 Å². The summed E-state index contributed by atoms with van der Waals surface area (Å²) in [6.45, 7) is 0. The highest BCUT2D eigenvalue weighted by Gasteiger charge is 2.71. The van der Waals surface area contributed by atoms with E-state index in [0.29, 0.717) is 22.7 Å². The zero-order chi connectivity index (χ0) is 27.8. The third-order valence-corrected chi connectivity index (χ3v) is 6.69. The lowest BCUT2D eigenvalue weighted by molar-refractivity contribution is -0.938. The van der Waals surface area contributed by atoms with Gasteiger partial charge in [-0.15, -0.1) is 22.7 Å². The van der Waals surface area contributed by atoms with E-state index in [1.807, 2.05) is 0 Å². The number of morpholine rings is 1. The Labute approximate surface area is 192 Å². The molecule has 2 aromatic rings. The maximum Gasteiger partial charge on any atom is 0.349 e. The summed E-state index contributed by atoms with van der Waals surface area (Å²) < 4.78 is 103. The van der Waals surface area contributed by atoms with Gasteiger partial charge < -0.3 is 36.0 Å². The second-order valence-electron chi connectivity index (χ2n) is 6.87. The van der Waals surface area contributed by atoms with E-state index >= 15 is 0 Å². The van der Waals surface area contributed by atoms with Crippen LogP contribution in [0.1, 0.15) is 37.6 Å². The molecule has 8 heteroatoms. The van der Waals surface area contributed by atoms with Gasteiger partial charge in [-0.2, -0.15) is 0 Å². The summed E-state index contributed by atoms with van der Waals surface area (Å²) in [7, 11) is 3.21. The number of ether oxygens (including phenoxy) is 2. The molecule has 2 aromatic heterocycles. The summed E-state index contributed by atoms with van der Waals surface area (Å²) in [4.78, 5) is 12.5. The summed E-state index contributed by atoms with van der Waals surface area (Å²) in [5.41, 5.74) is -3.17. The molecule has 3 aliphatic rings. The highest BCUT2D eigenvalue weighted by atomic mass is 79.9. The fourth-order valence-electron chi connectivity index (χ4n) is 3.59. The number of epoxide rings is 1. The first kappa shape index (κ1) is 10.3. The van der Waals surface area contributed by atoms with Crippen LogP contribution in [0.3, 0.4) is 0 Å². The normalized spacial score (nSPS) is 45.4. The molecule has 3 aliphatic heterocycles. The van der Waals surface area contributed by atoms with Gasteiger partial charge in [0.05, 0.1) is 33.4 Å². The zero-order valence-corrected chi connectivity index (χ0v) is 17.3. The van der Waals surface area contributed by atoms with E-state index in [1.54, 1.807) is 14.1 Å². The molecule has 146 valence electrons. The van der Waals surface area contributed by atoms with Gasteiger partial charge in [-0.05, 0) is 22.8 Å². The Balaban J connectivity index is 0.00000336. The van der Waals surface area contributed by atoms with Crippen molar-refractivity contribution in [2.75, 3.05) is 14.1 Å². The van der Waals surface area contributed by atoms with Crippen LogP contribution < -0.4 is 17.0 Å². The SMILES string of the molecule is [2H]c1sc(C(O)(C(=O)OC2([2H])C([2H])([2H])C3C4OC4C(C2([2H])[2H])[N+]3(C)C)c2sc([2H])c([2H])c2[2H])c([2H])c1[2H].[Br-]. The van der Waals surface area contributed by atoms with Gasteiger partial charge in [-0.1, -0.05) is 12.1 Å². The number of quaternary nitrogens is 1. The Hall–Kier alpha value is -0.770. The van der Waals surface area contributed by atoms with Crippen LogP contribution in [-0.4, -0.2) is 60.0 Å². The van der Waals surface area contributed by atoms with Crippen LogP contribution >= 0.6 is 22.7 Å². The van der Waals surface area contributed by atoms with Crippen molar-refractivity contribution in [3.8, 4) is 0 Å². The first-order valence-corrected chi connectivity index (χ1v) is 9.50. The van der Waals surface area contributed by atoms with E-state index in [9.17, 15) is 9.90 Å². The number of carbonyl (C=O) groups excluding carboxylic acids is 1. The fourth-order valence-corrected chi connectivity index (χ4v) is 4.94. The first-order valence-electron chi connectivity index (χ1n) is 13.4. The fraction of sp³-hybridized carbons (Fsp3) is 0.526. The lowest BCUT2D eigenvalue weighted by Gasteiger charge is -2.45. The zero-order valence-electron chi connectivity index (χ0n) is 25.1. The molecule has 1 N–H and O–H groups in total. The van der Waals surface area contributed by atoms with Crippen molar-refractivity contribution in [1.29, 1.82) is 0 Å². The lowest BCUT2D eigenvalue weighted by atomic mass is 9.95. The number of halogens is 1. The van der Waals surface area contributed by atoms with Crippen molar-refractivity contribution < 1.29 is 55.9 Å². The van der Waals surface area contributed by atoms with Crippen LogP contribution in [0, 0.1) is 0 Å². The van der Waals surface area contributed by atoms with Crippen LogP contribution in [0.15, 0.2) is 34.9 Å². The van der Waals surface area contributed by atoms with E-state index in [4.69, 9.17) is 24.6 Å². The predicted octanol–water partition coefficient (Wildman–Crippen LogP) is -0.650. The molecule has 0 spiro atoms. The topological polar surface area (TPSA) is 59.1 Å². The molecule has 2 bridgehead atoms. The van der Waals surface area contributed by atoms with Crippen molar-refractivity contribution in [2.24, 2.45) is 0 Å². The van der Waals surface area contributed by atoms with Gasteiger partial charge in [0, 0.05) is 18.2 Å². The molecule has 5 rings (SSSR count). The average molecular weight is 483 g/mol. The molecule has 0 saturated carbocycles. The van der Waals surface area contributed by atoms with E-state index in [0.717, 1.165) is 0 Å². The third kappa shape index (κ3) is 2.84. The minimum absolute atomic E-state index is 0. The van der Waals surface area contributed by atoms with Gasteiger partial charge in [0.1, 0.15) is 30.4 Å². The van der Waals surface area contributed by atoms with Gasteiger partial charge in [0.25, 0.3) is 0 Å². The van der Waals surface area contributed by atoms with Gasteiger partial charge >= 0.3 is 5.97 Å². The Morgan fingerprint density at radius 2 is 1.81 bits per heavy atom. The van der Waals surface area contributed by atoms with Crippen molar-refractivity contribution >= 4 is 28.6 Å². The minimum atomic E-state index is -3.22. The number of hydrogen-bond acceptors (Lipinski definition) is 6. The number of piperidine rings is 1. The molecule has 5 heterocycles. The molecule has 0 amide bonds. The van der Waals surface area contributed by atoms with Crippen LogP contribution in [0.2, 0.25) is 0 Å². The van der Waals surface area contributed by atoms with Crippen LogP contribution in [0.4, 0.5) is 0 Å². The molecule has 4 atom stereocenters. The summed E-state index contributed by atoms with van der Waals surface area (Å²) in [5, 5.41) is 10.8. The van der Waals surface area contributed by atoms with Crippen LogP contribution in [0.5, 0.6) is 0 Å². The highest BCUT2D eigenvalue weighted by molar-refractivity contribution is 7.12. The summed E-state index contributed by atoms with van der Waals surface area (Å²) >= 11 is 0.692. The monoisotopic (exact) mass is 482 g/mol. The molecule has 0 radical (unpaired) electrons. The molecule has 3 saturated heterocycles. The molecular formula is C19H22BrNO4S2. The number of nitrogens with zero attached hydrogens (tertiary/aromatic N) is 1. The van der Waals surface area contributed by atoms with Crippen LogP contribution in [-0.2, 0) is 19.9 Å². The van der Waals surface area contributed by atoms with Crippen molar-refractivity contribution in [2.45, 2.75) is 48.7 Å². The van der Waals surface area contributed by atoms with E-state index in [-0.39, 0.29) is 21.5 Å². The number of fused-ring (bicyclic) bond motifs is 5. The Morgan fingerprint density at radius 1 is 1.30 bits per heavy atom. The molecule has 5 nitrogen and oxygen atoms in total. The molecule has 27 heavy (non-hydrogen) atoms. The number of likely N-dealkylation sites (N-methyl/N-ethyl adjacent to an activating group) is 1. The summed E-state index contributed by atoms with van der Waals surface area (Å²) in [5.74, 6) is -1.80. The molecule has 0 aliphatic carbocycles. The van der Waals surface area contributed by atoms with Gasteiger partial charge in [-0.3, -0.25) is 0 Å². The number of esters is 1. The highest BCUT2D eigenvalue weighted by Crippen LogP contribution is 2.52. The van der Waals surface area contributed by atoms with Gasteiger partial charge in [0.2, 0.25) is 5.60 Å². The third-order valence-electron chi connectivity index (χ3n) is 5.08. The smallest absolute Gasteiger partial charge is 0.349 e. The van der Waals surface area contributed by atoms with E-state index in [1.165, 1.54) is 0 Å². The van der Waals surface area contributed by atoms with Gasteiger partial charge in [-0.25, -0.2) is 4.79 Å². The van der Waals surface area contributed by atoms with Crippen molar-refractivity contribution in [3.05, 3.63) is 44.6 Å². The maximum atomic E-state index is 13.8. The largest absolute Gasteiger partial charge is 1.00 e. The standard InChI is InChI=1S/C19H22NO4S2.BrH/c1-20(2)12-9-11(10-13(20)17-16(12)24-17)23-18(21)19(22,14-5-3-7-25-14)15-6-4-8-26-15;/h3-8,11-13,16-17,22H,9-10H2,1-2H3;1H/q+1;/p-1/i3D,4D,5D,6D,7D,8D,9D2,10D2,11D;.